The number of fused-ring (bicyclic) bond motifs is 1. The third-order valence-electron chi connectivity index (χ3n) is 3.90. The van der Waals surface area contributed by atoms with Crippen LogP contribution >= 0.6 is 11.8 Å². The molecule has 3 rings (SSSR count). The van der Waals surface area contributed by atoms with E-state index in [9.17, 15) is 9.18 Å². The molecule has 2 aromatic heterocycles. The number of anilines is 2. The SMILES string of the molecule is CCNc1nc(NCC)n2c(SCC(=O)NCCc3ccc(F)cc3)nnc2n1. The molecule has 3 aromatic rings. The first-order valence-corrected chi connectivity index (χ1v) is 10.3. The highest BCUT2D eigenvalue weighted by Crippen LogP contribution is 2.20. The van der Waals surface area contributed by atoms with Crippen LogP contribution in [0, 0.1) is 5.82 Å². The van der Waals surface area contributed by atoms with Crippen molar-refractivity contribution in [2.75, 3.05) is 36.0 Å². The third-order valence-corrected chi connectivity index (χ3v) is 4.83. The number of hydrogen-bond acceptors (Lipinski definition) is 8. The molecule has 0 radical (unpaired) electrons. The number of rotatable bonds is 10. The Morgan fingerprint density at radius 1 is 1.10 bits per heavy atom. The van der Waals surface area contributed by atoms with Gasteiger partial charge in [-0.2, -0.15) is 9.97 Å². The predicted octanol–water partition coefficient (Wildman–Crippen LogP) is 1.97. The molecule has 0 unspecified atom stereocenters. The zero-order valence-electron chi connectivity index (χ0n) is 16.3. The fourth-order valence-corrected chi connectivity index (χ4v) is 3.33. The maximum atomic E-state index is 12.9. The number of aromatic nitrogens is 5. The van der Waals surface area contributed by atoms with Gasteiger partial charge in [0, 0.05) is 19.6 Å². The minimum atomic E-state index is -0.270. The average molecular weight is 419 g/mol. The van der Waals surface area contributed by atoms with E-state index in [-0.39, 0.29) is 17.5 Å². The Kier molecular flexibility index (Phi) is 7.17. The molecule has 29 heavy (non-hydrogen) atoms. The quantitative estimate of drug-likeness (QED) is 0.429. The number of halogens is 1. The number of carbonyl (C=O) groups is 1. The van der Waals surface area contributed by atoms with E-state index in [2.05, 4.69) is 36.1 Å². The molecule has 154 valence electrons. The van der Waals surface area contributed by atoms with Crippen LogP contribution in [0.25, 0.3) is 5.78 Å². The van der Waals surface area contributed by atoms with Crippen LogP contribution in [-0.4, -0.2) is 55.9 Å². The monoisotopic (exact) mass is 418 g/mol. The van der Waals surface area contributed by atoms with Gasteiger partial charge in [0.2, 0.25) is 17.8 Å². The Bertz CT molecular complexity index is 962. The summed E-state index contributed by atoms with van der Waals surface area (Å²) in [6, 6.07) is 6.24. The fraction of sp³-hybridized carbons (Fsp3) is 0.389. The summed E-state index contributed by atoms with van der Waals surface area (Å²) < 4.78 is 14.6. The van der Waals surface area contributed by atoms with E-state index >= 15 is 0 Å². The lowest BCUT2D eigenvalue weighted by molar-refractivity contribution is -0.118. The van der Waals surface area contributed by atoms with Crippen molar-refractivity contribution < 1.29 is 9.18 Å². The van der Waals surface area contributed by atoms with Gasteiger partial charge in [-0.25, -0.2) is 8.79 Å². The molecule has 0 aliphatic rings. The average Bonchev–Trinajstić information content (AvgIpc) is 3.12. The van der Waals surface area contributed by atoms with Gasteiger partial charge in [0.15, 0.2) is 5.16 Å². The molecule has 0 saturated carbocycles. The van der Waals surface area contributed by atoms with Crippen molar-refractivity contribution >= 4 is 35.3 Å². The first-order valence-electron chi connectivity index (χ1n) is 9.35. The van der Waals surface area contributed by atoms with Crippen LogP contribution < -0.4 is 16.0 Å². The Labute approximate surface area is 171 Å². The Balaban J connectivity index is 1.59. The number of thioether (sulfide) groups is 1. The normalized spacial score (nSPS) is 10.9. The Morgan fingerprint density at radius 2 is 1.86 bits per heavy atom. The molecular weight excluding hydrogens is 395 g/mol. The van der Waals surface area contributed by atoms with Crippen LogP contribution in [0.4, 0.5) is 16.3 Å². The maximum Gasteiger partial charge on any atom is 0.261 e. The summed E-state index contributed by atoms with van der Waals surface area (Å²) in [5.74, 6) is 1.24. The summed E-state index contributed by atoms with van der Waals surface area (Å²) in [4.78, 5) is 20.9. The molecule has 9 nitrogen and oxygen atoms in total. The lowest BCUT2D eigenvalue weighted by Crippen LogP contribution is -2.27. The highest BCUT2D eigenvalue weighted by molar-refractivity contribution is 7.99. The van der Waals surface area contributed by atoms with Crippen molar-refractivity contribution in [1.82, 2.24) is 29.9 Å². The molecule has 11 heteroatoms. The molecule has 3 N–H and O–H groups in total. The maximum absolute atomic E-state index is 12.9. The highest BCUT2D eigenvalue weighted by Gasteiger charge is 2.15. The molecule has 2 heterocycles. The van der Waals surface area contributed by atoms with Crippen molar-refractivity contribution in [1.29, 1.82) is 0 Å². The predicted molar refractivity (Wildman–Crippen MR) is 111 cm³/mol. The fourth-order valence-electron chi connectivity index (χ4n) is 2.58. The molecule has 1 aromatic carbocycles. The van der Waals surface area contributed by atoms with Crippen molar-refractivity contribution in [3.05, 3.63) is 35.6 Å². The van der Waals surface area contributed by atoms with E-state index in [0.717, 1.165) is 5.56 Å². The molecule has 0 aliphatic heterocycles. The van der Waals surface area contributed by atoms with Crippen molar-refractivity contribution in [3.63, 3.8) is 0 Å². The molecule has 0 fully saturated rings. The molecule has 0 spiro atoms. The van der Waals surface area contributed by atoms with Gasteiger partial charge in [0.1, 0.15) is 5.82 Å². The number of hydrogen-bond donors (Lipinski definition) is 3. The van der Waals surface area contributed by atoms with Gasteiger partial charge in [-0.3, -0.25) is 4.79 Å². The highest BCUT2D eigenvalue weighted by atomic mass is 32.2. The Hall–Kier alpha value is -2.95. The summed E-state index contributed by atoms with van der Waals surface area (Å²) in [6.07, 6.45) is 0.635. The van der Waals surface area contributed by atoms with Gasteiger partial charge in [0.25, 0.3) is 5.78 Å². The number of benzene rings is 1. The van der Waals surface area contributed by atoms with Gasteiger partial charge in [-0.15, -0.1) is 10.2 Å². The van der Waals surface area contributed by atoms with Crippen LogP contribution in [0.5, 0.6) is 0 Å². The third kappa shape index (κ3) is 5.53. The summed E-state index contributed by atoms with van der Waals surface area (Å²) in [7, 11) is 0. The lowest BCUT2D eigenvalue weighted by atomic mass is 10.1. The van der Waals surface area contributed by atoms with E-state index < -0.39 is 0 Å². The van der Waals surface area contributed by atoms with Crippen LogP contribution in [0.2, 0.25) is 0 Å². The topological polar surface area (TPSA) is 109 Å². The molecule has 1 amide bonds. The standard InChI is InChI=1S/C18H23FN8OS/c1-3-20-15-23-16(21-4-2)27-17(24-15)25-26-18(27)29-11-14(28)22-10-9-12-5-7-13(19)8-6-12/h5-8H,3-4,9-11H2,1-2H3,(H,22,28)(H2,20,21,23,24,25). The first kappa shape index (κ1) is 20.8. The van der Waals surface area contributed by atoms with Crippen LogP contribution in [0.3, 0.4) is 0 Å². The van der Waals surface area contributed by atoms with Crippen molar-refractivity contribution in [3.8, 4) is 0 Å². The number of nitrogens with one attached hydrogen (secondary N) is 3. The zero-order valence-corrected chi connectivity index (χ0v) is 17.1. The van der Waals surface area contributed by atoms with E-state index in [0.29, 0.717) is 48.9 Å². The first-order chi connectivity index (χ1) is 14.1. The van der Waals surface area contributed by atoms with E-state index in [1.807, 2.05) is 13.8 Å². The van der Waals surface area contributed by atoms with Gasteiger partial charge in [0.05, 0.1) is 5.75 Å². The van der Waals surface area contributed by atoms with Gasteiger partial charge < -0.3 is 16.0 Å². The van der Waals surface area contributed by atoms with Crippen LogP contribution in [-0.2, 0) is 11.2 Å². The van der Waals surface area contributed by atoms with E-state index in [1.54, 1.807) is 16.5 Å². The molecular formula is C18H23FN8OS. The molecule has 0 aliphatic carbocycles. The minimum absolute atomic E-state index is 0.121. The van der Waals surface area contributed by atoms with E-state index in [4.69, 9.17) is 0 Å². The summed E-state index contributed by atoms with van der Waals surface area (Å²) in [5.41, 5.74) is 0.965. The lowest BCUT2D eigenvalue weighted by Gasteiger charge is -2.09. The largest absolute Gasteiger partial charge is 0.355 e. The Morgan fingerprint density at radius 3 is 2.59 bits per heavy atom. The number of nitrogens with zero attached hydrogens (tertiary/aromatic N) is 5. The molecule has 0 bridgehead atoms. The summed E-state index contributed by atoms with van der Waals surface area (Å²) in [5, 5.41) is 17.9. The van der Waals surface area contributed by atoms with Crippen molar-refractivity contribution in [2.24, 2.45) is 0 Å². The second-order valence-electron chi connectivity index (χ2n) is 6.06. The van der Waals surface area contributed by atoms with Crippen LogP contribution in [0.1, 0.15) is 19.4 Å². The van der Waals surface area contributed by atoms with Crippen LogP contribution in [0.15, 0.2) is 29.4 Å². The summed E-state index contributed by atoms with van der Waals surface area (Å²) >= 11 is 1.26. The summed E-state index contributed by atoms with van der Waals surface area (Å²) in [6.45, 7) is 5.76. The smallest absolute Gasteiger partial charge is 0.261 e. The van der Waals surface area contributed by atoms with Crippen molar-refractivity contribution in [2.45, 2.75) is 25.4 Å². The second kappa shape index (κ2) is 10.0. The number of carbonyl (C=O) groups excluding carboxylic acids is 1. The van der Waals surface area contributed by atoms with Gasteiger partial charge in [-0.1, -0.05) is 23.9 Å². The molecule has 0 saturated heterocycles. The minimum Gasteiger partial charge on any atom is -0.355 e. The molecule has 0 atom stereocenters. The van der Waals surface area contributed by atoms with Gasteiger partial charge >= 0.3 is 0 Å². The van der Waals surface area contributed by atoms with E-state index in [1.165, 1.54) is 23.9 Å². The number of amides is 1. The second-order valence-corrected chi connectivity index (χ2v) is 7.01. The zero-order chi connectivity index (χ0) is 20.6. The van der Waals surface area contributed by atoms with Gasteiger partial charge in [-0.05, 0) is 38.0 Å².